The van der Waals surface area contributed by atoms with Gasteiger partial charge >= 0.3 is 0 Å². The first-order chi connectivity index (χ1) is 12.1. The molecule has 25 heavy (non-hydrogen) atoms. The van der Waals surface area contributed by atoms with Crippen molar-refractivity contribution < 1.29 is 9.26 Å². The first-order valence-electron chi connectivity index (χ1n) is 8.60. The minimum Gasteiger partial charge on any atom is -0.496 e. The zero-order chi connectivity index (χ0) is 17.4. The van der Waals surface area contributed by atoms with Gasteiger partial charge in [0.2, 0.25) is 11.7 Å². The van der Waals surface area contributed by atoms with E-state index in [9.17, 15) is 0 Å². The van der Waals surface area contributed by atoms with Crippen LogP contribution in [0.15, 0.2) is 35.2 Å². The van der Waals surface area contributed by atoms with Crippen LogP contribution in [0.25, 0.3) is 11.5 Å². The molecule has 6 nitrogen and oxygen atoms in total. The van der Waals surface area contributed by atoms with Gasteiger partial charge in [0.15, 0.2) is 0 Å². The van der Waals surface area contributed by atoms with E-state index in [-0.39, 0.29) is 5.41 Å². The Labute approximate surface area is 146 Å². The summed E-state index contributed by atoms with van der Waals surface area (Å²) in [5.41, 5.74) is 2.93. The van der Waals surface area contributed by atoms with Crippen molar-refractivity contribution in [3.63, 3.8) is 0 Å². The highest BCUT2D eigenvalue weighted by atomic mass is 16.5. The molecule has 1 aromatic carbocycles. The van der Waals surface area contributed by atoms with Gasteiger partial charge in [-0.15, -0.1) is 0 Å². The number of aromatic nitrogens is 4. The van der Waals surface area contributed by atoms with Gasteiger partial charge in [0, 0.05) is 7.05 Å². The molecule has 1 aliphatic rings. The number of imidazole rings is 1. The topological polar surface area (TPSA) is 66.0 Å². The van der Waals surface area contributed by atoms with Crippen molar-refractivity contribution in [1.29, 1.82) is 0 Å². The Morgan fingerprint density at radius 2 is 2.04 bits per heavy atom. The predicted octanol–water partition coefficient (Wildman–Crippen LogP) is 3.65. The Morgan fingerprint density at radius 3 is 2.72 bits per heavy atom. The van der Waals surface area contributed by atoms with Crippen LogP contribution >= 0.6 is 0 Å². The minimum atomic E-state index is -0.231. The minimum absolute atomic E-state index is 0.231. The Bertz CT molecular complexity index is 890. The molecule has 0 unspecified atom stereocenters. The average molecular weight is 338 g/mol. The van der Waals surface area contributed by atoms with Crippen molar-refractivity contribution in [3.05, 3.63) is 47.7 Å². The third kappa shape index (κ3) is 2.52. The Hall–Kier alpha value is -2.63. The van der Waals surface area contributed by atoms with Gasteiger partial charge in [0.1, 0.15) is 11.4 Å². The molecule has 1 aliphatic carbocycles. The van der Waals surface area contributed by atoms with Crippen LogP contribution in [-0.2, 0) is 12.5 Å². The third-order valence-electron chi connectivity index (χ3n) is 5.30. The van der Waals surface area contributed by atoms with E-state index in [1.54, 1.807) is 19.6 Å². The molecule has 3 aromatic rings. The summed E-state index contributed by atoms with van der Waals surface area (Å²) in [6.45, 7) is 2.05. The standard InChI is InChI=1S/C19H22N4O2/c1-13-6-7-14(10-16(13)24-3)19(8-4-5-9-19)18-21-17(22-25-18)15-11-20-12-23(15)2/h6-7,10-12H,4-5,8-9H2,1-3H3. The molecule has 1 fully saturated rings. The van der Waals surface area contributed by atoms with Crippen LogP contribution in [-0.4, -0.2) is 26.8 Å². The van der Waals surface area contributed by atoms with Crippen molar-refractivity contribution in [2.45, 2.75) is 38.0 Å². The van der Waals surface area contributed by atoms with Crippen molar-refractivity contribution >= 4 is 0 Å². The molecule has 130 valence electrons. The lowest BCUT2D eigenvalue weighted by Gasteiger charge is -2.26. The molecule has 0 bridgehead atoms. The van der Waals surface area contributed by atoms with Gasteiger partial charge < -0.3 is 13.8 Å². The fraction of sp³-hybridized carbons (Fsp3) is 0.421. The average Bonchev–Trinajstić information content (AvgIpc) is 3.35. The molecular formula is C19H22N4O2. The maximum atomic E-state index is 5.75. The van der Waals surface area contributed by atoms with Gasteiger partial charge in [0.05, 0.1) is 25.0 Å². The second-order valence-corrected chi connectivity index (χ2v) is 6.79. The van der Waals surface area contributed by atoms with E-state index in [1.807, 2.05) is 11.6 Å². The van der Waals surface area contributed by atoms with Gasteiger partial charge in [-0.1, -0.05) is 30.1 Å². The SMILES string of the molecule is COc1cc(C2(c3nc(-c4cncn4C)no3)CCCC2)ccc1C. The van der Waals surface area contributed by atoms with Crippen molar-refractivity contribution in [3.8, 4) is 17.3 Å². The lowest BCUT2D eigenvalue weighted by atomic mass is 9.78. The number of rotatable bonds is 4. The molecule has 0 saturated heterocycles. The highest BCUT2D eigenvalue weighted by Crippen LogP contribution is 2.47. The zero-order valence-electron chi connectivity index (χ0n) is 14.8. The molecule has 2 heterocycles. The van der Waals surface area contributed by atoms with E-state index in [0.29, 0.717) is 11.7 Å². The normalized spacial score (nSPS) is 16.3. The van der Waals surface area contributed by atoms with Gasteiger partial charge in [0.25, 0.3) is 0 Å². The molecule has 0 aliphatic heterocycles. The molecule has 2 aromatic heterocycles. The number of nitrogens with zero attached hydrogens (tertiary/aromatic N) is 4. The molecule has 6 heteroatoms. The first-order valence-corrected chi connectivity index (χ1v) is 8.60. The van der Waals surface area contributed by atoms with Crippen LogP contribution in [0.1, 0.15) is 42.7 Å². The highest BCUT2D eigenvalue weighted by molar-refractivity contribution is 5.49. The molecule has 0 N–H and O–H groups in total. The summed E-state index contributed by atoms with van der Waals surface area (Å²) in [5.74, 6) is 2.17. The van der Waals surface area contributed by atoms with Crippen LogP contribution in [0.5, 0.6) is 5.75 Å². The van der Waals surface area contributed by atoms with Crippen LogP contribution in [0.3, 0.4) is 0 Å². The number of benzene rings is 1. The van der Waals surface area contributed by atoms with Gasteiger partial charge in [-0.2, -0.15) is 4.98 Å². The van der Waals surface area contributed by atoms with E-state index in [2.05, 4.69) is 35.3 Å². The van der Waals surface area contributed by atoms with Gasteiger partial charge in [-0.25, -0.2) is 4.98 Å². The van der Waals surface area contributed by atoms with E-state index in [1.165, 1.54) is 5.56 Å². The summed E-state index contributed by atoms with van der Waals surface area (Å²) in [4.78, 5) is 8.88. The number of aryl methyl sites for hydroxylation is 2. The smallest absolute Gasteiger partial charge is 0.237 e. The molecule has 4 rings (SSSR count). The van der Waals surface area contributed by atoms with E-state index >= 15 is 0 Å². The monoisotopic (exact) mass is 338 g/mol. The molecule has 0 amide bonds. The molecule has 0 atom stereocenters. The number of methoxy groups -OCH3 is 1. The summed E-state index contributed by atoms with van der Waals surface area (Å²) in [6.07, 6.45) is 7.81. The van der Waals surface area contributed by atoms with Crippen LogP contribution in [0, 0.1) is 6.92 Å². The maximum absolute atomic E-state index is 5.75. The van der Waals surface area contributed by atoms with Gasteiger partial charge in [-0.05, 0) is 37.0 Å². The summed E-state index contributed by atoms with van der Waals surface area (Å²) in [7, 11) is 3.63. The fourth-order valence-electron chi connectivity index (χ4n) is 3.82. The quantitative estimate of drug-likeness (QED) is 0.726. The second-order valence-electron chi connectivity index (χ2n) is 6.79. The summed E-state index contributed by atoms with van der Waals surface area (Å²) in [5, 5.41) is 4.22. The van der Waals surface area contributed by atoms with E-state index in [4.69, 9.17) is 14.2 Å². The van der Waals surface area contributed by atoms with Crippen molar-refractivity contribution in [1.82, 2.24) is 19.7 Å². The molecule has 1 saturated carbocycles. The Kier molecular flexibility index (Phi) is 3.82. The number of hydrogen-bond acceptors (Lipinski definition) is 5. The van der Waals surface area contributed by atoms with Crippen LogP contribution < -0.4 is 4.74 Å². The van der Waals surface area contributed by atoms with Crippen LogP contribution in [0.2, 0.25) is 0 Å². The Balaban J connectivity index is 1.80. The fourth-order valence-corrected chi connectivity index (χ4v) is 3.82. The van der Waals surface area contributed by atoms with E-state index < -0.39 is 0 Å². The molecule has 0 spiro atoms. The molecule has 0 radical (unpaired) electrons. The van der Waals surface area contributed by atoms with Crippen molar-refractivity contribution in [2.24, 2.45) is 7.05 Å². The lowest BCUT2D eigenvalue weighted by molar-refractivity contribution is 0.310. The van der Waals surface area contributed by atoms with Gasteiger partial charge in [-0.3, -0.25) is 0 Å². The lowest BCUT2D eigenvalue weighted by Crippen LogP contribution is -2.24. The summed E-state index contributed by atoms with van der Waals surface area (Å²) >= 11 is 0. The number of hydrogen-bond donors (Lipinski definition) is 0. The van der Waals surface area contributed by atoms with E-state index in [0.717, 1.165) is 42.7 Å². The predicted molar refractivity (Wildman–Crippen MR) is 93.5 cm³/mol. The van der Waals surface area contributed by atoms with Crippen molar-refractivity contribution in [2.75, 3.05) is 7.11 Å². The second kappa shape index (κ2) is 6.02. The zero-order valence-corrected chi connectivity index (χ0v) is 14.8. The highest BCUT2D eigenvalue weighted by Gasteiger charge is 2.43. The summed E-state index contributed by atoms with van der Waals surface area (Å²) in [6, 6.07) is 6.39. The third-order valence-corrected chi connectivity index (χ3v) is 5.30. The Morgan fingerprint density at radius 1 is 1.24 bits per heavy atom. The summed E-state index contributed by atoms with van der Waals surface area (Å²) < 4.78 is 13.2. The largest absolute Gasteiger partial charge is 0.496 e. The molecular weight excluding hydrogens is 316 g/mol. The number of ether oxygens (including phenoxy) is 1. The first kappa shape index (κ1) is 15.9. The maximum Gasteiger partial charge on any atom is 0.237 e. The van der Waals surface area contributed by atoms with Crippen LogP contribution in [0.4, 0.5) is 0 Å².